The number of ether oxygens (including phenoxy) is 1. The highest BCUT2D eigenvalue weighted by atomic mass is 32.2. The summed E-state index contributed by atoms with van der Waals surface area (Å²) in [5.41, 5.74) is 0. The highest BCUT2D eigenvalue weighted by Crippen LogP contribution is 2.24. The molecule has 1 amide bonds. The second-order valence-corrected chi connectivity index (χ2v) is 6.60. The predicted octanol–water partition coefficient (Wildman–Crippen LogP) is -0.426. The Morgan fingerprint density at radius 2 is 1.95 bits per heavy atom. The average Bonchev–Trinajstić information content (AvgIpc) is 2.83. The molecule has 2 atom stereocenters. The van der Waals surface area contributed by atoms with E-state index < -0.39 is 10.0 Å². The normalized spacial score (nSPS) is 27.9. The van der Waals surface area contributed by atoms with Crippen LogP contribution >= 0.6 is 0 Å². The molecule has 19 heavy (non-hydrogen) atoms. The number of morpholine rings is 1. The van der Waals surface area contributed by atoms with Crippen LogP contribution < -0.4 is 5.32 Å². The fourth-order valence-electron chi connectivity index (χ4n) is 2.42. The Balaban J connectivity index is 1.83. The van der Waals surface area contributed by atoms with Crippen molar-refractivity contribution in [3.05, 3.63) is 30.3 Å². The summed E-state index contributed by atoms with van der Waals surface area (Å²) in [7, 11) is -3.51. The third-order valence-corrected chi connectivity index (χ3v) is 5.23. The van der Waals surface area contributed by atoms with E-state index in [0.29, 0.717) is 0 Å². The van der Waals surface area contributed by atoms with Crippen LogP contribution in [0.15, 0.2) is 35.2 Å². The van der Waals surface area contributed by atoms with Crippen LogP contribution in [0, 0.1) is 0 Å². The minimum Gasteiger partial charge on any atom is -0.365 e. The van der Waals surface area contributed by atoms with Gasteiger partial charge in [0.05, 0.1) is 17.0 Å². The summed E-state index contributed by atoms with van der Waals surface area (Å²) in [5.74, 6) is -0.194. The van der Waals surface area contributed by atoms with Crippen molar-refractivity contribution in [1.29, 1.82) is 0 Å². The Bertz CT molecular complexity index is 587. The van der Waals surface area contributed by atoms with E-state index in [0.717, 1.165) is 0 Å². The summed E-state index contributed by atoms with van der Waals surface area (Å²) in [6.45, 7) is 0.538. The zero-order chi connectivity index (χ0) is 13.5. The number of carbonyl (C=O) groups excluding carboxylic acids is 1. The monoisotopic (exact) mass is 282 g/mol. The summed E-state index contributed by atoms with van der Waals surface area (Å²) in [4.78, 5) is 11.5. The fraction of sp³-hybridized carbons (Fsp3) is 0.417. The molecule has 0 saturated carbocycles. The van der Waals surface area contributed by atoms with Crippen molar-refractivity contribution in [3.63, 3.8) is 0 Å². The molecular formula is C12H14N2O4S. The van der Waals surface area contributed by atoms with Gasteiger partial charge in [-0.1, -0.05) is 18.2 Å². The number of sulfonamides is 1. The lowest BCUT2D eigenvalue weighted by Gasteiger charge is -2.24. The second-order valence-electron chi connectivity index (χ2n) is 4.66. The molecule has 3 rings (SSSR count). The maximum Gasteiger partial charge on any atom is 0.246 e. The smallest absolute Gasteiger partial charge is 0.246 e. The molecule has 0 bridgehead atoms. The van der Waals surface area contributed by atoms with E-state index in [2.05, 4.69) is 5.32 Å². The molecule has 0 aliphatic carbocycles. The highest BCUT2D eigenvalue weighted by Gasteiger charge is 2.42. The first kappa shape index (κ1) is 12.6. The molecule has 6 nitrogen and oxygen atoms in total. The van der Waals surface area contributed by atoms with Crippen molar-refractivity contribution in [3.8, 4) is 0 Å². The molecule has 0 spiro atoms. The van der Waals surface area contributed by atoms with Crippen LogP contribution in [-0.4, -0.2) is 50.5 Å². The molecule has 1 aromatic carbocycles. The van der Waals surface area contributed by atoms with Crippen LogP contribution in [0.4, 0.5) is 0 Å². The Labute approximate surface area is 111 Å². The quantitative estimate of drug-likeness (QED) is 0.799. The first-order valence-electron chi connectivity index (χ1n) is 6.03. The van der Waals surface area contributed by atoms with E-state index in [9.17, 15) is 13.2 Å². The number of amides is 1. The third kappa shape index (κ3) is 2.24. The second kappa shape index (κ2) is 4.59. The Morgan fingerprint density at radius 3 is 2.68 bits per heavy atom. The maximum atomic E-state index is 12.4. The Morgan fingerprint density at radius 1 is 1.21 bits per heavy atom. The SMILES string of the molecule is O=C1CO[C@H]2CN(S(=O)(=O)c3ccccc3)C[C@@H]2N1. The number of carbonyl (C=O) groups is 1. The van der Waals surface area contributed by atoms with Crippen LogP contribution in [0.3, 0.4) is 0 Å². The van der Waals surface area contributed by atoms with Crippen molar-refractivity contribution in [2.24, 2.45) is 0 Å². The number of hydrogen-bond donors (Lipinski definition) is 1. The minimum absolute atomic E-state index is 0.000388. The molecule has 1 aromatic rings. The van der Waals surface area contributed by atoms with Crippen molar-refractivity contribution < 1.29 is 17.9 Å². The molecule has 102 valence electrons. The first-order valence-corrected chi connectivity index (χ1v) is 7.47. The van der Waals surface area contributed by atoms with Gasteiger partial charge >= 0.3 is 0 Å². The van der Waals surface area contributed by atoms with E-state index in [4.69, 9.17) is 4.74 Å². The van der Waals surface area contributed by atoms with Crippen molar-refractivity contribution in [1.82, 2.24) is 9.62 Å². The molecule has 7 heteroatoms. The largest absolute Gasteiger partial charge is 0.365 e. The van der Waals surface area contributed by atoms with Crippen molar-refractivity contribution in [2.75, 3.05) is 19.7 Å². The van der Waals surface area contributed by atoms with Gasteiger partial charge in [-0.15, -0.1) is 0 Å². The van der Waals surface area contributed by atoms with Gasteiger partial charge in [0.1, 0.15) is 6.61 Å². The maximum absolute atomic E-state index is 12.4. The Kier molecular flexibility index (Phi) is 3.04. The molecule has 0 radical (unpaired) electrons. The van der Waals surface area contributed by atoms with Crippen LogP contribution in [0.1, 0.15) is 0 Å². The summed E-state index contributed by atoms with van der Waals surface area (Å²) in [6, 6.07) is 8.03. The highest BCUT2D eigenvalue weighted by molar-refractivity contribution is 7.89. The van der Waals surface area contributed by atoms with Gasteiger partial charge < -0.3 is 10.1 Å². The van der Waals surface area contributed by atoms with Crippen molar-refractivity contribution >= 4 is 15.9 Å². The van der Waals surface area contributed by atoms with Crippen LogP contribution in [0.25, 0.3) is 0 Å². The molecule has 2 fully saturated rings. The predicted molar refractivity (Wildman–Crippen MR) is 66.9 cm³/mol. The van der Waals surface area contributed by atoms with E-state index in [1.807, 2.05) is 0 Å². The zero-order valence-electron chi connectivity index (χ0n) is 10.2. The summed E-state index contributed by atoms with van der Waals surface area (Å²) < 4.78 is 31.6. The molecule has 2 heterocycles. The number of benzene rings is 1. The average molecular weight is 282 g/mol. The van der Waals surface area contributed by atoms with Gasteiger partial charge in [0.2, 0.25) is 15.9 Å². The molecule has 0 unspecified atom stereocenters. The fourth-order valence-corrected chi connectivity index (χ4v) is 3.92. The van der Waals surface area contributed by atoms with Gasteiger partial charge in [-0.3, -0.25) is 4.79 Å². The molecular weight excluding hydrogens is 268 g/mol. The van der Waals surface area contributed by atoms with Crippen LogP contribution in [0.2, 0.25) is 0 Å². The Hall–Kier alpha value is -1.44. The van der Waals surface area contributed by atoms with Gasteiger partial charge in [0.15, 0.2) is 0 Å². The van der Waals surface area contributed by atoms with E-state index in [-0.39, 0.29) is 42.6 Å². The van der Waals surface area contributed by atoms with Gasteiger partial charge in [-0.05, 0) is 12.1 Å². The number of nitrogens with zero attached hydrogens (tertiary/aromatic N) is 1. The van der Waals surface area contributed by atoms with Gasteiger partial charge in [-0.2, -0.15) is 4.31 Å². The standard InChI is InChI=1S/C12H14N2O4S/c15-12-8-18-11-7-14(6-10(11)13-12)19(16,17)9-4-2-1-3-5-9/h1-5,10-11H,6-8H2,(H,13,15)/t10-,11-/m0/s1. The van der Waals surface area contributed by atoms with Crippen LogP contribution in [0.5, 0.6) is 0 Å². The van der Waals surface area contributed by atoms with Gasteiger partial charge in [0.25, 0.3) is 0 Å². The summed E-state index contributed by atoms with van der Waals surface area (Å²) in [6.07, 6.45) is -0.254. The molecule has 2 aliphatic heterocycles. The van der Waals surface area contributed by atoms with Crippen LogP contribution in [-0.2, 0) is 19.6 Å². The summed E-state index contributed by atoms with van der Waals surface area (Å²) >= 11 is 0. The lowest BCUT2D eigenvalue weighted by molar-refractivity contribution is -0.134. The molecule has 2 aliphatic rings. The topological polar surface area (TPSA) is 75.7 Å². The lowest BCUT2D eigenvalue weighted by Crippen LogP contribution is -2.50. The van der Waals surface area contributed by atoms with Gasteiger partial charge in [0, 0.05) is 13.1 Å². The molecule has 1 N–H and O–H groups in total. The van der Waals surface area contributed by atoms with E-state index in [1.165, 1.54) is 4.31 Å². The summed E-state index contributed by atoms with van der Waals surface area (Å²) in [5, 5.41) is 2.76. The van der Waals surface area contributed by atoms with Crippen molar-refractivity contribution in [2.45, 2.75) is 17.0 Å². The third-order valence-electron chi connectivity index (χ3n) is 3.39. The van der Waals surface area contributed by atoms with E-state index >= 15 is 0 Å². The number of hydrogen-bond acceptors (Lipinski definition) is 4. The number of rotatable bonds is 2. The number of fused-ring (bicyclic) bond motifs is 1. The lowest BCUT2D eigenvalue weighted by atomic mass is 10.2. The molecule has 0 aromatic heterocycles. The van der Waals surface area contributed by atoms with Gasteiger partial charge in [-0.25, -0.2) is 8.42 Å². The number of nitrogens with one attached hydrogen (secondary N) is 1. The molecule has 2 saturated heterocycles. The zero-order valence-corrected chi connectivity index (χ0v) is 11.0. The first-order chi connectivity index (χ1) is 9.07. The van der Waals surface area contributed by atoms with E-state index in [1.54, 1.807) is 30.3 Å². The minimum atomic E-state index is -3.51.